The summed E-state index contributed by atoms with van der Waals surface area (Å²) in [4.78, 5) is 9.49. The van der Waals surface area contributed by atoms with Crippen LogP contribution in [0.25, 0.3) is 11.0 Å². The fourth-order valence-electron chi connectivity index (χ4n) is 5.06. The van der Waals surface area contributed by atoms with Crippen LogP contribution in [0.2, 0.25) is 0 Å². The topological polar surface area (TPSA) is 24.3 Å². The van der Waals surface area contributed by atoms with Crippen LogP contribution in [-0.2, 0) is 5.54 Å². The number of aromatic nitrogens is 2. The van der Waals surface area contributed by atoms with Gasteiger partial charge in [0, 0.05) is 35.4 Å². The molecule has 0 unspecified atom stereocenters. The van der Waals surface area contributed by atoms with Crippen molar-refractivity contribution in [2.75, 3.05) is 16.8 Å². The molecule has 0 N–H and O–H groups in total. The Kier molecular flexibility index (Phi) is 4.31. The molecule has 0 saturated heterocycles. The minimum atomic E-state index is -0.262. The number of fused-ring (bicyclic) bond motifs is 4. The average Bonchev–Trinajstić information content (AvgIpc) is 3.25. The van der Waals surface area contributed by atoms with Gasteiger partial charge in [0.15, 0.2) is 0 Å². The molecular weight excluding hydrogens is 404 g/mol. The van der Waals surface area contributed by atoms with E-state index in [-0.39, 0.29) is 5.54 Å². The summed E-state index contributed by atoms with van der Waals surface area (Å²) in [6.45, 7) is 4.57. The van der Waals surface area contributed by atoms with E-state index in [2.05, 4.69) is 138 Å². The molecule has 0 aliphatic carbocycles. The molecule has 1 aliphatic rings. The van der Waals surface area contributed by atoms with Gasteiger partial charge in [-0.15, -0.1) is 0 Å². The van der Waals surface area contributed by atoms with Gasteiger partial charge in [-0.2, -0.15) is 0 Å². The zero-order valence-electron chi connectivity index (χ0n) is 19.1. The molecule has 4 nitrogen and oxygen atoms in total. The molecule has 4 aromatic carbocycles. The molecule has 0 atom stereocenters. The minimum absolute atomic E-state index is 0.262. The van der Waals surface area contributed by atoms with Gasteiger partial charge in [0.25, 0.3) is 0 Å². The number of anilines is 5. The number of hydrogen-bond donors (Lipinski definition) is 0. The summed E-state index contributed by atoms with van der Waals surface area (Å²) in [6.07, 6.45) is 0. The van der Waals surface area contributed by atoms with Crippen LogP contribution in [-0.4, -0.2) is 16.6 Å². The summed E-state index contributed by atoms with van der Waals surface area (Å²) >= 11 is 0. The van der Waals surface area contributed by atoms with Gasteiger partial charge in [0.05, 0.1) is 16.6 Å². The van der Waals surface area contributed by atoms with Crippen LogP contribution in [0.1, 0.15) is 19.4 Å². The van der Waals surface area contributed by atoms with Gasteiger partial charge >= 0.3 is 0 Å². The van der Waals surface area contributed by atoms with Crippen molar-refractivity contribution in [2.45, 2.75) is 19.4 Å². The number of rotatable bonds is 3. The quantitative estimate of drug-likeness (QED) is 0.299. The van der Waals surface area contributed by atoms with Crippen LogP contribution in [0.4, 0.5) is 28.7 Å². The molecule has 0 bridgehead atoms. The molecule has 0 spiro atoms. The van der Waals surface area contributed by atoms with Crippen LogP contribution in [0.15, 0.2) is 103 Å². The molecule has 1 aliphatic heterocycles. The third-order valence-corrected chi connectivity index (χ3v) is 6.69. The fraction of sp³-hybridized carbons (Fsp3) is 0.138. The lowest BCUT2D eigenvalue weighted by molar-refractivity contribution is 0.440. The first-order valence-corrected chi connectivity index (χ1v) is 11.3. The average molecular weight is 431 g/mol. The summed E-state index contributed by atoms with van der Waals surface area (Å²) in [5.41, 5.74) is 7.79. The first-order chi connectivity index (χ1) is 16.1. The predicted molar refractivity (Wildman–Crippen MR) is 137 cm³/mol. The predicted octanol–water partition coefficient (Wildman–Crippen LogP) is 7.37. The summed E-state index contributed by atoms with van der Waals surface area (Å²) in [6, 6.07) is 36.3. The highest BCUT2D eigenvalue weighted by molar-refractivity contribution is 5.85. The molecule has 0 amide bonds. The van der Waals surface area contributed by atoms with E-state index in [9.17, 15) is 0 Å². The first kappa shape index (κ1) is 19.6. The van der Waals surface area contributed by atoms with Crippen molar-refractivity contribution >= 4 is 39.7 Å². The normalized spacial score (nSPS) is 14.1. The van der Waals surface area contributed by atoms with Crippen LogP contribution in [0.3, 0.4) is 0 Å². The second-order valence-corrected chi connectivity index (χ2v) is 9.06. The van der Waals surface area contributed by atoms with E-state index >= 15 is 0 Å². The number of nitrogens with zero attached hydrogens (tertiary/aromatic N) is 4. The third-order valence-electron chi connectivity index (χ3n) is 6.69. The molecule has 2 heterocycles. The lowest BCUT2D eigenvalue weighted by Crippen LogP contribution is -2.37. The number of hydrogen-bond acceptors (Lipinski definition) is 3. The number of benzene rings is 4. The maximum absolute atomic E-state index is 4.96. The SMILES string of the molecule is CN1c2ccc(N(c3ccccc3)c3ccccc3)cc2C(C)(C)n2c1nc1ccccc12. The number of para-hydroxylation sites is 4. The standard InChI is InChI=1S/C29H26N4/c1-29(2)24-20-23(32(21-12-6-4-7-13-21)22-14-8-5-9-15-22)18-19-26(24)31(3)28-30-25-16-10-11-17-27(25)33(28)29/h4-20H,1-3H3. The Morgan fingerprint density at radius 2 is 1.30 bits per heavy atom. The largest absolute Gasteiger partial charge is 0.315 e. The van der Waals surface area contributed by atoms with E-state index in [1.807, 2.05) is 0 Å². The van der Waals surface area contributed by atoms with Crippen LogP contribution in [0.5, 0.6) is 0 Å². The van der Waals surface area contributed by atoms with Crippen LogP contribution in [0, 0.1) is 0 Å². The number of imidazole rings is 1. The van der Waals surface area contributed by atoms with Crippen molar-refractivity contribution in [1.82, 2.24) is 9.55 Å². The van der Waals surface area contributed by atoms with Gasteiger partial charge < -0.3 is 14.4 Å². The van der Waals surface area contributed by atoms with Crippen molar-refractivity contribution in [3.63, 3.8) is 0 Å². The van der Waals surface area contributed by atoms with Gasteiger partial charge in [-0.3, -0.25) is 0 Å². The van der Waals surface area contributed by atoms with Crippen LogP contribution >= 0.6 is 0 Å². The molecule has 1 aromatic heterocycles. The van der Waals surface area contributed by atoms with E-state index < -0.39 is 0 Å². The smallest absolute Gasteiger partial charge is 0.211 e. The monoisotopic (exact) mass is 430 g/mol. The molecule has 0 radical (unpaired) electrons. The van der Waals surface area contributed by atoms with Gasteiger partial charge in [-0.05, 0) is 68.4 Å². The Morgan fingerprint density at radius 3 is 1.97 bits per heavy atom. The highest BCUT2D eigenvalue weighted by atomic mass is 15.3. The molecule has 6 rings (SSSR count). The summed E-state index contributed by atoms with van der Waals surface area (Å²) in [5, 5.41) is 0. The molecule has 4 heteroatoms. The highest BCUT2D eigenvalue weighted by Crippen LogP contribution is 2.47. The lowest BCUT2D eigenvalue weighted by atomic mass is 9.89. The van der Waals surface area contributed by atoms with Crippen molar-refractivity contribution in [1.29, 1.82) is 0 Å². The maximum atomic E-state index is 4.96. The Bertz CT molecular complexity index is 1410. The van der Waals surface area contributed by atoms with Gasteiger partial charge in [0.1, 0.15) is 0 Å². The van der Waals surface area contributed by atoms with Gasteiger partial charge in [0.2, 0.25) is 5.95 Å². The van der Waals surface area contributed by atoms with Gasteiger partial charge in [-0.25, -0.2) is 4.98 Å². The fourth-order valence-corrected chi connectivity index (χ4v) is 5.06. The van der Waals surface area contributed by atoms with Gasteiger partial charge in [-0.1, -0.05) is 48.5 Å². The van der Waals surface area contributed by atoms with Crippen molar-refractivity contribution in [2.24, 2.45) is 0 Å². The Hall–Kier alpha value is -4.05. The Morgan fingerprint density at radius 1 is 0.697 bits per heavy atom. The zero-order valence-corrected chi connectivity index (χ0v) is 19.1. The van der Waals surface area contributed by atoms with E-state index in [0.717, 1.165) is 34.0 Å². The molecule has 5 aromatic rings. The van der Waals surface area contributed by atoms with Crippen LogP contribution < -0.4 is 9.80 Å². The highest BCUT2D eigenvalue weighted by Gasteiger charge is 2.37. The molecular formula is C29H26N4. The Labute approximate surface area is 194 Å². The molecule has 33 heavy (non-hydrogen) atoms. The molecule has 162 valence electrons. The van der Waals surface area contributed by atoms with E-state index in [0.29, 0.717) is 0 Å². The molecule has 0 fully saturated rings. The molecule has 0 saturated carbocycles. The summed E-state index contributed by atoms with van der Waals surface area (Å²) < 4.78 is 2.36. The van der Waals surface area contributed by atoms with E-state index in [4.69, 9.17) is 4.98 Å². The maximum Gasteiger partial charge on any atom is 0.211 e. The second kappa shape index (κ2) is 7.24. The third kappa shape index (κ3) is 2.94. The zero-order chi connectivity index (χ0) is 22.6. The lowest BCUT2D eigenvalue weighted by Gasteiger charge is -2.40. The van der Waals surface area contributed by atoms with Crippen molar-refractivity contribution in [3.8, 4) is 0 Å². The summed E-state index contributed by atoms with van der Waals surface area (Å²) in [7, 11) is 2.11. The van der Waals surface area contributed by atoms with Crippen molar-refractivity contribution in [3.05, 3.63) is 109 Å². The Balaban J connectivity index is 1.57. The van der Waals surface area contributed by atoms with E-state index in [1.165, 1.54) is 11.3 Å². The van der Waals surface area contributed by atoms with Crippen molar-refractivity contribution < 1.29 is 0 Å². The second-order valence-electron chi connectivity index (χ2n) is 9.06. The minimum Gasteiger partial charge on any atom is -0.315 e. The summed E-state index contributed by atoms with van der Waals surface area (Å²) in [5.74, 6) is 0.976. The van der Waals surface area contributed by atoms with E-state index in [1.54, 1.807) is 0 Å². The first-order valence-electron chi connectivity index (χ1n) is 11.3.